The van der Waals surface area contributed by atoms with Crippen LogP contribution in [0.15, 0.2) is 36.4 Å². The molecule has 5 nitrogen and oxygen atoms in total. The Kier molecular flexibility index (Phi) is 6.25. The van der Waals surface area contributed by atoms with E-state index in [1.807, 2.05) is 0 Å². The number of nitriles is 1. The van der Waals surface area contributed by atoms with Crippen molar-refractivity contribution in [1.82, 2.24) is 4.90 Å². The van der Waals surface area contributed by atoms with Crippen LogP contribution < -0.4 is 4.90 Å². The van der Waals surface area contributed by atoms with Gasteiger partial charge >= 0.3 is 6.18 Å². The molecule has 1 N–H and O–H groups in total. The first-order valence-electron chi connectivity index (χ1n) is 10.8. The SMILES string of the molecule is N#Cc1ccc(N2CCC3(CC2)CN(C(=O)c2cc(F)cc(F)c2)CC3CO)cc1C(F)(F)F. The maximum absolute atomic E-state index is 13.6. The lowest BCUT2D eigenvalue weighted by Crippen LogP contribution is -2.45. The molecule has 1 unspecified atom stereocenters. The van der Waals surface area contributed by atoms with Crippen LogP contribution >= 0.6 is 0 Å². The second-order valence-electron chi connectivity index (χ2n) is 8.91. The second kappa shape index (κ2) is 8.87. The summed E-state index contributed by atoms with van der Waals surface area (Å²) in [7, 11) is 0. The molecule has 2 fully saturated rings. The Morgan fingerprint density at radius 2 is 1.76 bits per heavy atom. The predicted molar refractivity (Wildman–Crippen MR) is 113 cm³/mol. The van der Waals surface area contributed by atoms with Gasteiger partial charge in [0.15, 0.2) is 0 Å². The van der Waals surface area contributed by atoms with Crippen LogP contribution in [-0.2, 0) is 6.18 Å². The second-order valence-corrected chi connectivity index (χ2v) is 8.91. The standard InChI is InChI=1S/C24H22F5N3O2/c25-18-7-16(8-19(26)9-18)22(34)32-12-17(13-33)23(14-32)3-5-31(6-4-23)20-2-1-15(11-30)21(10-20)24(27,28)29/h1-2,7-10,17,33H,3-6,12-14H2. The van der Waals surface area contributed by atoms with Crippen molar-refractivity contribution < 1.29 is 31.9 Å². The van der Waals surface area contributed by atoms with Gasteiger partial charge in [0.2, 0.25) is 0 Å². The van der Waals surface area contributed by atoms with Gasteiger partial charge in [-0.1, -0.05) is 0 Å². The highest BCUT2D eigenvalue weighted by molar-refractivity contribution is 5.94. The van der Waals surface area contributed by atoms with Gasteiger partial charge in [0.05, 0.1) is 17.2 Å². The molecule has 1 amide bonds. The van der Waals surface area contributed by atoms with Crippen LogP contribution in [0.25, 0.3) is 0 Å². The first-order valence-corrected chi connectivity index (χ1v) is 10.8. The molecule has 2 saturated heterocycles. The number of amides is 1. The molecule has 0 aromatic heterocycles. The molecular weight excluding hydrogens is 457 g/mol. The Bertz CT molecular complexity index is 1120. The maximum atomic E-state index is 13.6. The molecule has 2 aliphatic heterocycles. The molecule has 1 atom stereocenters. The summed E-state index contributed by atoms with van der Waals surface area (Å²) in [5.41, 5.74) is -1.64. The quantitative estimate of drug-likeness (QED) is 0.670. The molecule has 2 aromatic rings. The van der Waals surface area contributed by atoms with E-state index in [9.17, 15) is 31.9 Å². The number of carbonyl (C=O) groups excluding carboxylic acids is 1. The van der Waals surface area contributed by atoms with Crippen molar-refractivity contribution in [3.63, 3.8) is 0 Å². The third kappa shape index (κ3) is 4.44. The third-order valence-corrected chi connectivity index (χ3v) is 6.98. The Hall–Kier alpha value is -3.19. The molecule has 34 heavy (non-hydrogen) atoms. The van der Waals surface area contributed by atoms with Crippen molar-refractivity contribution in [3.05, 3.63) is 64.7 Å². The van der Waals surface area contributed by atoms with Gasteiger partial charge in [-0.3, -0.25) is 4.79 Å². The molecule has 4 rings (SSSR count). The molecule has 2 heterocycles. The fourth-order valence-corrected chi connectivity index (χ4v) is 5.14. The number of piperidine rings is 1. The number of benzene rings is 2. The highest BCUT2D eigenvalue weighted by Gasteiger charge is 2.49. The van der Waals surface area contributed by atoms with Crippen LogP contribution in [-0.4, -0.2) is 48.7 Å². The number of anilines is 1. The fourth-order valence-electron chi connectivity index (χ4n) is 5.14. The summed E-state index contributed by atoms with van der Waals surface area (Å²) in [6.45, 7) is 1.12. The fraction of sp³-hybridized carbons (Fsp3) is 0.417. The number of rotatable bonds is 3. The summed E-state index contributed by atoms with van der Waals surface area (Å²) in [5.74, 6) is -2.50. The molecule has 2 aromatic carbocycles. The minimum atomic E-state index is -4.65. The number of nitrogens with zero attached hydrogens (tertiary/aromatic N) is 3. The van der Waals surface area contributed by atoms with E-state index in [1.165, 1.54) is 11.0 Å². The summed E-state index contributed by atoms with van der Waals surface area (Å²) in [4.78, 5) is 16.2. The zero-order valence-electron chi connectivity index (χ0n) is 18.1. The summed E-state index contributed by atoms with van der Waals surface area (Å²) in [6.07, 6.45) is -3.62. The lowest BCUT2D eigenvalue weighted by Gasteiger charge is -2.43. The monoisotopic (exact) mass is 479 g/mol. The van der Waals surface area contributed by atoms with Crippen molar-refractivity contribution >= 4 is 11.6 Å². The van der Waals surface area contributed by atoms with E-state index in [4.69, 9.17) is 5.26 Å². The molecule has 1 spiro atoms. The normalized spacial score (nSPS) is 20.0. The first kappa shape index (κ1) is 24.0. The van der Waals surface area contributed by atoms with Crippen LogP contribution in [0.3, 0.4) is 0 Å². The number of halogens is 5. The number of hydrogen-bond acceptors (Lipinski definition) is 4. The summed E-state index contributed by atoms with van der Waals surface area (Å²) < 4.78 is 67.2. The molecule has 2 aliphatic rings. The van der Waals surface area contributed by atoms with Gasteiger partial charge in [-0.05, 0) is 48.6 Å². The van der Waals surface area contributed by atoms with E-state index in [-0.39, 0.29) is 31.2 Å². The summed E-state index contributed by atoms with van der Waals surface area (Å²) in [6, 6.07) is 7.81. The van der Waals surface area contributed by atoms with E-state index in [0.29, 0.717) is 37.7 Å². The van der Waals surface area contributed by atoms with Gasteiger partial charge in [-0.15, -0.1) is 0 Å². The number of aliphatic hydroxyl groups excluding tert-OH is 1. The number of hydrogen-bond donors (Lipinski definition) is 1. The molecule has 0 radical (unpaired) electrons. The molecule has 0 bridgehead atoms. The Labute approximate surface area is 193 Å². The van der Waals surface area contributed by atoms with Gasteiger partial charge < -0.3 is 14.9 Å². The van der Waals surface area contributed by atoms with Crippen LogP contribution in [0.5, 0.6) is 0 Å². The third-order valence-electron chi connectivity index (χ3n) is 6.98. The first-order chi connectivity index (χ1) is 16.1. The number of likely N-dealkylation sites (tertiary alicyclic amines) is 1. The van der Waals surface area contributed by atoms with Crippen molar-refractivity contribution in [2.75, 3.05) is 37.7 Å². The van der Waals surface area contributed by atoms with Gasteiger partial charge in [0, 0.05) is 56.0 Å². The molecule has 0 saturated carbocycles. The highest BCUT2D eigenvalue weighted by atomic mass is 19.4. The molecule has 10 heteroatoms. The van der Waals surface area contributed by atoms with Gasteiger partial charge in [-0.2, -0.15) is 18.4 Å². The van der Waals surface area contributed by atoms with Gasteiger partial charge in [-0.25, -0.2) is 8.78 Å². The van der Waals surface area contributed by atoms with Crippen LogP contribution in [0.2, 0.25) is 0 Å². The average molecular weight is 479 g/mol. The molecular formula is C24H22F5N3O2. The predicted octanol–water partition coefficient (Wildman–Crippen LogP) is 4.21. The van der Waals surface area contributed by atoms with Crippen LogP contribution in [0.4, 0.5) is 27.6 Å². The van der Waals surface area contributed by atoms with E-state index in [2.05, 4.69) is 0 Å². The zero-order valence-corrected chi connectivity index (χ0v) is 18.1. The molecule has 180 valence electrons. The molecule has 0 aliphatic carbocycles. The summed E-state index contributed by atoms with van der Waals surface area (Å²) in [5, 5.41) is 19.0. The minimum Gasteiger partial charge on any atom is -0.396 e. The lowest BCUT2D eigenvalue weighted by atomic mass is 9.71. The average Bonchev–Trinajstić information content (AvgIpc) is 3.15. The Morgan fingerprint density at radius 1 is 1.12 bits per heavy atom. The summed E-state index contributed by atoms with van der Waals surface area (Å²) >= 11 is 0. The van der Waals surface area contributed by atoms with Crippen LogP contribution in [0, 0.1) is 34.3 Å². The van der Waals surface area contributed by atoms with E-state index in [1.54, 1.807) is 11.0 Å². The van der Waals surface area contributed by atoms with E-state index in [0.717, 1.165) is 24.3 Å². The zero-order chi connectivity index (χ0) is 24.7. The van der Waals surface area contributed by atoms with E-state index < -0.39 is 40.3 Å². The highest BCUT2D eigenvalue weighted by Crippen LogP contribution is 2.46. The van der Waals surface area contributed by atoms with Crippen molar-refractivity contribution in [1.29, 1.82) is 5.26 Å². The van der Waals surface area contributed by atoms with Gasteiger partial charge in [0.1, 0.15) is 11.6 Å². The largest absolute Gasteiger partial charge is 0.417 e. The smallest absolute Gasteiger partial charge is 0.396 e. The van der Waals surface area contributed by atoms with Crippen molar-refractivity contribution in [3.8, 4) is 6.07 Å². The Balaban J connectivity index is 1.51. The van der Waals surface area contributed by atoms with Crippen LogP contribution in [0.1, 0.15) is 34.3 Å². The van der Waals surface area contributed by atoms with Crippen molar-refractivity contribution in [2.24, 2.45) is 11.3 Å². The number of aliphatic hydroxyl groups is 1. The topological polar surface area (TPSA) is 67.6 Å². The van der Waals surface area contributed by atoms with Gasteiger partial charge in [0.25, 0.3) is 5.91 Å². The lowest BCUT2D eigenvalue weighted by molar-refractivity contribution is -0.137. The maximum Gasteiger partial charge on any atom is 0.417 e. The minimum absolute atomic E-state index is 0.110. The van der Waals surface area contributed by atoms with Crippen molar-refractivity contribution in [2.45, 2.75) is 19.0 Å². The number of carbonyl (C=O) groups is 1. The Morgan fingerprint density at radius 3 is 2.32 bits per heavy atom. The van der Waals surface area contributed by atoms with E-state index >= 15 is 0 Å². The number of alkyl halides is 3.